The average molecular weight is 525 g/mol. The van der Waals surface area contributed by atoms with Gasteiger partial charge >= 0.3 is 0 Å². The van der Waals surface area contributed by atoms with Crippen molar-refractivity contribution in [1.82, 2.24) is 10.3 Å². The van der Waals surface area contributed by atoms with E-state index in [0.717, 1.165) is 57.0 Å². The molecule has 2 N–H and O–H groups in total. The van der Waals surface area contributed by atoms with Crippen molar-refractivity contribution in [2.24, 2.45) is 0 Å². The number of amides is 1. The Morgan fingerprint density at radius 3 is 2.44 bits per heavy atom. The summed E-state index contributed by atoms with van der Waals surface area (Å²) in [4.78, 5) is 30.4. The summed E-state index contributed by atoms with van der Waals surface area (Å²) in [5.41, 5.74) is 4.10. The van der Waals surface area contributed by atoms with Gasteiger partial charge in [0.25, 0.3) is 11.6 Å². The Hall–Kier alpha value is -3.33. The number of carbonyl (C=O) groups is 1. The lowest BCUT2D eigenvalue weighted by Gasteiger charge is -2.20. The number of carbonyl (C=O) groups excluding carboxylic acids is 1. The number of aryl methyl sites for hydroxylation is 2. The number of pyridine rings is 1. The van der Waals surface area contributed by atoms with E-state index < -0.39 is 4.92 Å². The minimum atomic E-state index is -0.476. The summed E-state index contributed by atoms with van der Waals surface area (Å²) in [7, 11) is 0. The van der Waals surface area contributed by atoms with E-state index >= 15 is 0 Å². The monoisotopic (exact) mass is 524 g/mol. The molecule has 2 aromatic carbocycles. The standard InChI is InChI=1S/C27H28N4O3S.ClH/c1-4-5-15-28-23(19-9-7-6-8-10-19)25-24(22-17(2)16-18(3)29-27(22)35-25)30-26(32)20-11-13-21(14-12-20)31(33)34;/h6-14,16,23,28H,4-5,15H2,1-3H3,(H,30,32);1H. The number of nitro benzene ring substituents is 1. The number of halogens is 1. The Bertz CT molecular complexity index is 1360. The summed E-state index contributed by atoms with van der Waals surface area (Å²) in [6.45, 7) is 6.99. The van der Waals surface area contributed by atoms with Crippen LogP contribution in [0.15, 0.2) is 60.7 Å². The van der Waals surface area contributed by atoms with Crippen LogP contribution in [0.3, 0.4) is 0 Å². The number of fused-ring (bicyclic) bond motifs is 1. The number of rotatable bonds is 9. The molecule has 0 fully saturated rings. The SMILES string of the molecule is CCCCNC(c1ccccc1)c1sc2nc(C)cc(C)c2c1NC(=O)c1ccc([N+](=O)[O-])cc1.Cl. The van der Waals surface area contributed by atoms with Crippen molar-refractivity contribution in [3.63, 3.8) is 0 Å². The molecule has 0 aliphatic heterocycles. The Balaban J connectivity index is 0.00000361. The third-order valence-electron chi connectivity index (χ3n) is 5.87. The topological polar surface area (TPSA) is 97.2 Å². The van der Waals surface area contributed by atoms with E-state index in [4.69, 9.17) is 4.98 Å². The molecule has 0 spiro atoms. The van der Waals surface area contributed by atoms with Crippen molar-refractivity contribution >= 4 is 51.2 Å². The van der Waals surface area contributed by atoms with Crippen LogP contribution < -0.4 is 10.6 Å². The van der Waals surface area contributed by atoms with E-state index in [-0.39, 0.29) is 30.0 Å². The minimum Gasteiger partial charge on any atom is -0.320 e. The quantitative estimate of drug-likeness (QED) is 0.140. The van der Waals surface area contributed by atoms with Gasteiger partial charge in [0.2, 0.25) is 0 Å². The highest BCUT2D eigenvalue weighted by Gasteiger charge is 2.25. The van der Waals surface area contributed by atoms with Crippen LogP contribution in [0.1, 0.15) is 57.9 Å². The molecular weight excluding hydrogens is 496 g/mol. The van der Waals surface area contributed by atoms with Gasteiger partial charge in [-0.3, -0.25) is 14.9 Å². The largest absolute Gasteiger partial charge is 0.320 e. The molecule has 0 aliphatic rings. The molecule has 2 heterocycles. The molecule has 9 heteroatoms. The van der Waals surface area contributed by atoms with E-state index in [0.29, 0.717) is 5.56 Å². The molecule has 1 unspecified atom stereocenters. The Labute approximate surface area is 220 Å². The Morgan fingerprint density at radius 1 is 1.11 bits per heavy atom. The maximum atomic E-state index is 13.3. The van der Waals surface area contributed by atoms with Crippen molar-refractivity contribution in [3.8, 4) is 0 Å². The van der Waals surface area contributed by atoms with Gasteiger partial charge in [0.15, 0.2) is 0 Å². The summed E-state index contributed by atoms with van der Waals surface area (Å²) in [5, 5.41) is 18.7. The van der Waals surface area contributed by atoms with Crippen molar-refractivity contribution < 1.29 is 9.72 Å². The number of non-ortho nitro benzene ring substituents is 1. The number of nitrogens with zero attached hydrogens (tertiary/aromatic N) is 2. The lowest BCUT2D eigenvalue weighted by Crippen LogP contribution is -2.24. The van der Waals surface area contributed by atoms with Crippen LogP contribution in [0.4, 0.5) is 11.4 Å². The number of anilines is 1. The zero-order valence-corrected chi connectivity index (χ0v) is 22.0. The Kier molecular flexibility index (Phi) is 9.14. The summed E-state index contributed by atoms with van der Waals surface area (Å²) < 4.78 is 0. The second kappa shape index (κ2) is 12.1. The molecule has 36 heavy (non-hydrogen) atoms. The van der Waals surface area contributed by atoms with Gasteiger partial charge < -0.3 is 10.6 Å². The molecule has 4 rings (SSSR count). The summed E-state index contributed by atoms with van der Waals surface area (Å²) in [6, 6.07) is 17.7. The van der Waals surface area contributed by atoms with E-state index in [1.54, 1.807) is 11.3 Å². The molecule has 0 aliphatic carbocycles. The van der Waals surface area contributed by atoms with Crippen LogP contribution in [0.5, 0.6) is 0 Å². The molecule has 1 atom stereocenters. The van der Waals surface area contributed by atoms with E-state index in [1.807, 2.05) is 38.1 Å². The smallest absolute Gasteiger partial charge is 0.269 e. The van der Waals surface area contributed by atoms with Gasteiger partial charge in [-0.05, 0) is 56.1 Å². The van der Waals surface area contributed by atoms with Gasteiger partial charge in [0.1, 0.15) is 4.83 Å². The van der Waals surface area contributed by atoms with Gasteiger partial charge in [-0.2, -0.15) is 0 Å². The highest BCUT2D eigenvalue weighted by Crippen LogP contribution is 2.42. The molecule has 188 valence electrons. The van der Waals surface area contributed by atoms with Crippen LogP contribution in [0, 0.1) is 24.0 Å². The molecule has 0 radical (unpaired) electrons. The minimum absolute atomic E-state index is 0. The van der Waals surface area contributed by atoms with Gasteiger partial charge in [-0.25, -0.2) is 4.98 Å². The second-order valence-corrected chi connectivity index (χ2v) is 9.54. The van der Waals surface area contributed by atoms with Crippen LogP contribution in [0.25, 0.3) is 10.2 Å². The maximum Gasteiger partial charge on any atom is 0.269 e. The highest BCUT2D eigenvalue weighted by atomic mass is 35.5. The fraction of sp³-hybridized carbons (Fsp3) is 0.259. The predicted octanol–water partition coefficient (Wildman–Crippen LogP) is 6.97. The highest BCUT2D eigenvalue weighted by molar-refractivity contribution is 7.19. The molecule has 2 aromatic heterocycles. The van der Waals surface area contributed by atoms with Gasteiger partial charge in [-0.15, -0.1) is 23.7 Å². The number of hydrogen-bond acceptors (Lipinski definition) is 6. The lowest BCUT2D eigenvalue weighted by atomic mass is 10.0. The van der Waals surface area contributed by atoms with E-state index in [9.17, 15) is 14.9 Å². The molecule has 0 saturated carbocycles. The van der Waals surface area contributed by atoms with Crippen LogP contribution >= 0.6 is 23.7 Å². The number of benzene rings is 2. The molecule has 0 saturated heterocycles. The normalized spacial score (nSPS) is 11.6. The average Bonchev–Trinajstić information content (AvgIpc) is 3.20. The third-order valence-corrected chi connectivity index (χ3v) is 7.02. The first-order valence-electron chi connectivity index (χ1n) is 11.6. The van der Waals surface area contributed by atoms with Crippen molar-refractivity contribution in [1.29, 1.82) is 0 Å². The first-order chi connectivity index (χ1) is 16.9. The fourth-order valence-electron chi connectivity index (χ4n) is 4.14. The first-order valence-corrected chi connectivity index (χ1v) is 12.5. The summed E-state index contributed by atoms with van der Waals surface area (Å²) in [5.74, 6) is -0.318. The molecule has 0 bridgehead atoms. The predicted molar refractivity (Wildman–Crippen MR) is 149 cm³/mol. The Morgan fingerprint density at radius 2 is 1.81 bits per heavy atom. The zero-order chi connectivity index (χ0) is 24.9. The summed E-state index contributed by atoms with van der Waals surface area (Å²) >= 11 is 1.58. The zero-order valence-electron chi connectivity index (χ0n) is 20.4. The number of nitrogens with one attached hydrogen (secondary N) is 2. The molecule has 7 nitrogen and oxygen atoms in total. The number of hydrogen-bond donors (Lipinski definition) is 2. The van der Waals surface area contributed by atoms with Crippen molar-refractivity contribution in [2.45, 2.75) is 39.7 Å². The number of nitro groups is 1. The van der Waals surface area contributed by atoms with Crippen LogP contribution in [-0.2, 0) is 0 Å². The third kappa shape index (κ3) is 5.90. The summed E-state index contributed by atoms with van der Waals surface area (Å²) in [6.07, 6.45) is 2.11. The number of unbranched alkanes of at least 4 members (excludes halogenated alkanes) is 1. The molecular formula is C27H29ClN4O3S. The number of thiophene rings is 1. The first kappa shape index (κ1) is 27.3. The van der Waals surface area contributed by atoms with E-state index in [2.05, 4.69) is 29.7 Å². The second-order valence-electron chi connectivity index (χ2n) is 8.51. The molecule has 4 aromatic rings. The van der Waals surface area contributed by atoms with Crippen LogP contribution in [0.2, 0.25) is 0 Å². The van der Waals surface area contributed by atoms with Crippen molar-refractivity contribution in [2.75, 3.05) is 11.9 Å². The molecule has 1 amide bonds. The van der Waals surface area contributed by atoms with E-state index in [1.165, 1.54) is 24.3 Å². The van der Waals surface area contributed by atoms with Gasteiger partial charge in [0, 0.05) is 28.8 Å². The van der Waals surface area contributed by atoms with Crippen LogP contribution in [-0.4, -0.2) is 22.4 Å². The number of aromatic nitrogens is 1. The fourth-order valence-corrected chi connectivity index (χ4v) is 5.49. The van der Waals surface area contributed by atoms with Crippen molar-refractivity contribution in [3.05, 3.63) is 98.0 Å². The van der Waals surface area contributed by atoms with Gasteiger partial charge in [0.05, 0.1) is 21.5 Å². The maximum absolute atomic E-state index is 13.3. The van der Waals surface area contributed by atoms with Gasteiger partial charge in [-0.1, -0.05) is 43.7 Å². The lowest BCUT2D eigenvalue weighted by molar-refractivity contribution is -0.384.